The van der Waals surface area contributed by atoms with E-state index in [1.165, 1.54) is 11.1 Å². The van der Waals surface area contributed by atoms with Gasteiger partial charge < -0.3 is 10.5 Å². The molecule has 0 heterocycles. The third kappa shape index (κ3) is 4.31. The Balaban J connectivity index is 2.55. The molecule has 16 heavy (non-hydrogen) atoms. The van der Waals surface area contributed by atoms with E-state index in [9.17, 15) is 0 Å². The number of rotatable bonds is 7. The molecule has 1 aromatic carbocycles. The standard InChI is InChI=1S/C13H22N2O/c1-3-15(7-8-16-2)11-13-6-4-5-12(9-13)10-14/h4-6,9H,3,7-8,10-11,14H2,1-2H3. The number of nitrogens with zero attached hydrogens (tertiary/aromatic N) is 1. The lowest BCUT2D eigenvalue weighted by Crippen LogP contribution is -2.26. The van der Waals surface area contributed by atoms with Crippen LogP contribution in [0.5, 0.6) is 0 Å². The summed E-state index contributed by atoms with van der Waals surface area (Å²) in [5.41, 5.74) is 8.14. The van der Waals surface area contributed by atoms with E-state index in [2.05, 4.69) is 36.1 Å². The second-order valence-electron chi connectivity index (χ2n) is 3.89. The van der Waals surface area contributed by atoms with E-state index < -0.39 is 0 Å². The van der Waals surface area contributed by atoms with Crippen LogP contribution < -0.4 is 5.73 Å². The third-order valence-electron chi connectivity index (χ3n) is 2.69. The molecule has 0 spiro atoms. The smallest absolute Gasteiger partial charge is 0.0589 e. The predicted molar refractivity (Wildman–Crippen MR) is 67.2 cm³/mol. The number of hydrogen-bond acceptors (Lipinski definition) is 3. The molecule has 0 saturated carbocycles. The van der Waals surface area contributed by atoms with Gasteiger partial charge in [0.15, 0.2) is 0 Å². The van der Waals surface area contributed by atoms with Crippen molar-refractivity contribution in [3.05, 3.63) is 35.4 Å². The van der Waals surface area contributed by atoms with Crippen LogP contribution >= 0.6 is 0 Å². The van der Waals surface area contributed by atoms with Crippen molar-refractivity contribution < 1.29 is 4.74 Å². The average molecular weight is 222 g/mol. The van der Waals surface area contributed by atoms with Crippen LogP contribution in [0.15, 0.2) is 24.3 Å². The van der Waals surface area contributed by atoms with Crippen LogP contribution in [0.25, 0.3) is 0 Å². The van der Waals surface area contributed by atoms with Crippen LogP contribution in [0.2, 0.25) is 0 Å². The Kier molecular flexibility index (Phi) is 6.08. The zero-order chi connectivity index (χ0) is 11.8. The SMILES string of the molecule is CCN(CCOC)Cc1cccc(CN)c1. The van der Waals surface area contributed by atoms with Gasteiger partial charge in [0, 0.05) is 26.7 Å². The second-order valence-corrected chi connectivity index (χ2v) is 3.89. The van der Waals surface area contributed by atoms with Gasteiger partial charge in [-0.1, -0.05) is 31.2 Å². The molecule has 0 unspecified atom stereocenters. The minimum atomic E-state index is 0.609. The molecule has 0 fully saturated rings. The maximum absolute atomic E-state index is 5.63. The van der Waals surface area contributed by atoms with Crippen LogP contribution in [0.4, 0.5) is 0 Å². The van der Waals surface area contributed by atoms with E-state index in [1.54, 1.807) is 7.11 Å². The minimum absolute atomic E-state index is 0.609. The number of ether oxygens (including phenoxy) is 1. The van der Waals surface area contributed by atoms with Gasteiger partial charge in [0.2, 0.25) is 0 Å². The zero-order valence-electron chi connectivity index (χ0n) is 10.3. The Morgan fingerprint density at radius 1 is 1.31 bits per heavy atom. The van der Waals surface area contributed by atoms with Crippen LogP contribution in [-0.2, 0) is 17.8 Å². The van der Waals surface area contributed by atoms with Crippen molar-refractivity contribution in [3.8, 4) is 0 Å². The Morgan fingerprint density at radius 2 is 2.06 bits per heavy atom. The zero-order valence-corrected chi connectivity index (χ0v) is 10.3. The van der Waals surface area contributed by atoms with E-state index in [0.29, 0.717) is 6.54 Å². The van der Waals surface area contributed by atoms with Gasteiger partial charge in [-0.05, 0) is 17.7 Å². The lowest BCUT2D eigenvalue weighted by atomic mass is 10.1. The second kappa shape index (κ2) is 7.39. The quantitative estimate of drug-likeness (QED) is 0.762. The van der Waals surface area contributed by atoms with Gasteiger partial charge >= 0.3 is 0 Å². The maximum atomic E-state index is 5.63. The van der Waals surface area contributed by atoms with Gasteiger partial charge in [-0.15, -0.1) is 0 Å². The van der Waals surface area contributed by atoms with Crippen molar-refractivity contribution in [2.24, 2.45) is 5.73 Å². The first-order valence-corrected chi connectivity index (χ1v) is 5.79. The highest BCUT2D eigenvalue weighted by molar-refractivity contribution is 5.23. The average Bonchev–Trinajstić information content (AvgIpc) is 2.34. The summed E-state index contributed by atoms with van der Waals surface area (Å²) in [5, 5.41) is 0. The van der Waals surface area contributed by atoms with E-state index in [4.69, 9.17) is 10.5 Å². The fraction of sp³-hybridized carbons (Fsp3) is 0.538. The molecule has 1 aromatic rings. The monoisotopic (exact) mass is 222 g/mol. The molecule has 0 bridgehead atoms. The Morgan fingerprint density at radius 3 is 2.69 bits per heavy atom. The summed E-state index contributed by atoms with van der Waals surface area (Å²) in [6.45, 7) is 6.54. The normalized spacial score (nSPS) is 11.0. The summed E-state index contributed by atoms with van der Waals surface area (Å²) >= 11 is 0. The fourth-order valence-electron chi connectivity index (χ4n) is 1.68. The van der Waals surface area contributed by atoms with Crippen LogP contribution in [0.1, 0.15) is 18.1 Å². The topological polar surface area (TPSA) is 38.5 Å². The van der Waals surface area contributed by atoms with Crippen molar-refractivity contribution in [3.63, 3.8) is 0 Å². The first-order chi connectivity index (χ1) is 7.80. The van der Waals surface area contributed by atoms with Gasteiger partial charge in [-0.3, -0.25) is 4.90 Å². The van der Waals surface area contributed by atoms with E-state index >= 15 is 0 Å². The van der Waals surface area contributed by atoms with Crippen LogP contribution in [-0.4, -0.2) is 31.7 Å². The fourth-order valence-corrected chi connectivity index (χ4v) is 1.68. The Bertz CT molecular complexity index is 302. The molecule has 0 amide bonds. The minimum Gasteiger partial charge on any atom is -0.383 e. The van der Waals surface area contributed by atoms with Crippen LogP contribution in [0.3, 0.4) is 0 Å². The van der Waals surface area contributed by atoms with Crippen molar-refractivity contribution in [2.75, 3.05) is 26.8 Å². The van der Waals surface area contributed by atoms with Crippen molar-refractivity contribution >= 4 is 0 Å². The summed E-state index contributed by atoms with van der Waals surface area (Å²) in [4.78, 5) is 2.36. The number of benzene rings is 1. The van der Waals surface area contributed by atoms with Crippen LogP contribution in [0, 0.1) is 0 Å². The molecule has 90 valence electrons. The van der Waals surface area contributed by atoms with Crippen molar-refractivity contribution in [2.45, 2.75) is 20.0 Å². The lowest BCUT2D eigenvalue weighted by molar-refractivity contribution is 0.147. The van der Waals surface area contributed by atoms with Gasteiger partial charge in [-0.25, -0.2) is 0 Å². The largest absolute Gasteiger partial charge is 0.383 e. The van der Waals surface area contributed by atoms with E-state index in [-0.39, 0.29) is 0 Å². The van der Waals surface area contributed by atoms with E-state index in [1.807, 2.05) is 0 Å². The molecule has 0 atom stereocenters. The summed E-state index contributed by atoms with van der Waals surface area (Å²) in [5.74, 6) is 0. The van der Waals surface area contributed by atoms with Gasteiger partial charge in [0.05, 0.1) is 6.61 Å². The Hall–Kier alpha value is -0.900. The number of nitrogens with two attached hydrogens (primary N) is 1. The molecular weight excluding hydrogens is 200 g/mol. The predicted octanol–water partition coefficient (Wildman–Crippen LogP) is 1.61. The summed E-state index contributed by atoms with van der Waals surface area (Å²) in [6, 6.07) is 8.46. The molecule has 0 aromatic heterocycles. The molecule has 0 saturated heterocycles. The molecule has 0 aliphatic carbocycles. The van der Waals surface area contributed by atoms with Gasteiger partial charge in [0.25, 0.3) is 0 Å². The molecule has 0 aliphatic rings. The summed E-state index contributed by atoms with van der Waals surface area (Å²) < 4.78 is 5.10. The van der Waals surface area contributed by atoms with Gasteiger partial charge in [-0.2, -0.15) is 0 Å². The summed E-state index contributed by atoms with van der Waals surface area (Å²) in [6.07, 6.45) is 0. The summed E-state index contributed by atoms with van der Waals surface area (Å²) in [7, 11) is 1.74. The van der Waals surface area contributed by atoms with Crippen molar-refractivity contribution in [1.82, 2.24) is 4.90 Å². The molecule has 3 nitrogen and oxygen atoms in total. The highest BCUT2D eigenvalue weighted by Gasteiger charge is 2.03. The first kappa shape index (κ1) is 13.2. The third-order valence-corrected chi connectivity index (χ3v) is 2.69. The molecular formula is C13H22N2O. The van der Waals surface area contributed by atoms with E-state index in [0.717, 1.165) is 26.2 Å². The molecule has 0 radical (unpaired) electrons. The highest BCUT2D eigenvalue weighted by atomic mass is 16.5. The molecule has 1 rings (SSSR count). The molecule has 2 N–H and O–H groups in total. The number of methoxy groups -OCH3 is 1. The van der Waals surface area contributed by atoms with Gasteiger partial charge in [0.1, 0.15) is 0 Å². The molecule has 0 aliphatic heterocycles. The number of hydrogen-bond donors (Lipinski definition) is 1. The highest BCUT2D eigenvalue weighted by Crippen LogP contribution is 2.07. The molecule has 3 heteroatoms. The lowest BCUT2D eigenvalue weighted by Gasteiger charge is -2.20. The Labute approximate surface area is 98.2 Å². The number of likely N-dealkylation sites (N-methyl/N-ethyl adjacent to an activating group) is 1. The van der Waals surface area contributed by atoms with Crippen molar-refractivity contribution in [1.29, 1.82) is 0 Å². The maximum Gasteiger partial charge on any atom is 0.0589 e. The first-order valence-electron chi connectivity index (χ1n) is 5.79.